The zero-order valence-electron chi connectivity index (χ0n) is 16.7. The highest BCUT2D eigenvalue weighted by atomic mass is 16.6. The van der Waals surface area contributed by atoms with Gasteiger partial charge in [-0.2, -0.15) is 0 Å². The monoisotopic (exact) mass is 394 g/mol. The molecule has 1 aromatic rings. The van der Waals surface area contributed by atoms with E-state index >= 15 is 0 Å². The molecule has 156 valence electrons. The van der Waals surface area contributed by atoms with E-state index in [0.717, 1.165) is 5.56 Å². The third kappa shape index (κ3) is 9.93. The Kier molecular flexibility index (Phi) is 10.1. The molecule has 0 fully saturated rings. The summed E-state index contributed by atoms with van der Waals surface area (Å²) in [5.41, 5.74) is -0.329. The predicted octanol–water partition coefficient (Wildman–Crippen LogP) is 1.65. The van der Waals surface area contributed by atoms with Gasteiger partial charge in [0.1, 0.15) is 18.8 Å². The van der Waals surface area contributed by atoms with Gasteiger partial charge in [-0.15, -0.1) is 0 Å². The van der Waals surface area contributed by atoms with Crippen molar-refractivity contribution in [3.63, 3.8) is 0 Å². The molecule has 0 unspecified atom stereocenters. The zero-order chi connectivity index (χ0) is 20.1. The third-order valence-corrected chi connectivity index (χ3v) is 3.54. The number of hydrogen-bond acceptors (Lipinski definition) is 7. The fourth-order valence-corrected chi connectivity index (χ4v) is 2.23. The van der Waals surface area contributed by atoms with Crippen molar-refractivity contribution < 1.29 is 33.5 Å². The molecule has 7 nitrogen and oxygen atoms in total. The molecule has 0 aliphatic carbocycles. The summed E-state index contributed by atoms with van der Waals surface area (Å²) in [6.45, 7) is 8.01. The van der Waals surface area contributed by atoms with Crippen molar-refractivity contribution in [2.75, 3.05) is 66.1 Å². The van der Waals surface area contributed by atoms with Crippen molar-refractivity contribution in [2.45, 2.75) is 19.4 Å². The lowest BCUT2D eigenvalue weighted by molar-refractivity contribution is -0.00841. The fraction of sp³-hybridized carbons (Fsp3) is 0.619. The minimum Gasteiger partial charge on any atom is -0.487 e. The maximum absolute atomic E-state index is 9.78. The van der Waals surface area contributed by atoms with Gasteiger partial charge in [0.15, 0.2) is 11.5 Å². The van der Waals surface area contributed by atoms with Gasteiger partial charge in [0.05, 0.1) is 52.9 Å². The number of ether oxygens (including phenoxy) is 6. The summed E-state index contributed by atoms with van der Waals surface area (Å²) in [5.74, 6) is 6.92. The summed E-state index contributed by atoms with van der Waals surface area (Å²) >= 11 is 0. The molecule has 0 amide bonds. The quantitative estimate of drug-likeness (QED) is 0.671. The van der Waals surface area contributed by atoms with Crippen LogP contribution in [0, 0.1) is 11.8 Å². The molecule has 1 heterocycles. The summed E-state index contributed by atoms with van der Waals surface area (Å²) in [5, 5.41) is 9.78. The van der Waals surface area contributed by atoms with E-state index in [-0.39, 0.29) is 0 Å². The van der Waals surface area contributed by atoms with Crippen LogP contribution in [0.2, 0.25) is 0 Å². The van der Waals surface area contributed by atoms with Crippen LogP contribution in [0.4, 0.5) is 0 Å². The average molecular weight is 394 g/mol. The Morgan fingerprint density at radius 1 is 0.714 bits per heavy atom. The zero-order valence-corrected chi connectivity index (χ0v) is 16.7. The Balaban J connectivity index is 2.00. The van der Waals surface area contributed by atoms with Gasteiger partial charge in [-0.25, -0.2) is 0 Å². The van der Waals surface area contributed by atoms with Crippen molar-refractivity contribution in [1.29, 1.82) is 0 Å². The van der Waals surface area contributed by atoms with Crippen LogP contribution >= 0.6 is 0 Å². The molecule has 1 aliphatic heterocycles. The lowest BCUT2D eigenvalue weighted by atomic mass is 10.1. The molecule has 1 N–H and O–H groups in total. The minimum atomic E-state index is -1.06. The van der Waals surface area contributed by atoms with Gasteiger partial charge in [-0.05, 0) is 32.0 Å². The number of aliphatic hydroxyl groups is 1. The van der Waals surface area contributed by atoms with Crippen LogP contribution in [0.15, 0.2) is 18.2 Å². The lowest BCUT2D eigenvalue weighted by Crippen LogP contribution is -2.16. The maximum Gasteiger partial charge on any atom is 0.162 e. The second-order valence-corrected chi connectivity index (χ2v) is 6.62. The summed E-state index contributed by atoms with van der Waals surface area (Å²) in [7, 11) is 0. The molecule has 0 saturated heterocycles. The molecule has 0 bridgehead atoms. The molecule has 2 rings (SSSR count). The molecular weight excluding hydrogens is 364 g/mol. The number of hydrogen-bond donors (Lipinski definition) is 1. The van der Waals surface area contributed by atoms with E-state index < -0.39 is 5.60 Å². The van der Waals surface area contributed by atoms with Crippen LogP contribution in [0.3, 0.4) is 0 Å². The Hall–Kier alpha value is -1.82. The summed E-state index contributed by atoms with van der Waals surface area (Å²) in [6, 6.07) is 5.43. The smallest absolute Gasteiger partial charge is 0.162 e. The summed E-state index contributed by atoms with van der Waals surface area (Å²) in [6.07, 6.45) is 0. The Morgan fingerprint density at radius 2 is 1.18 bits per heavy atom. The number of rotatable bonds is 0. The minimum absolute atomic E-state index is 0.373. The SMILES string of the molecule is CC(C)(O)C#Cc1ccc2c(c1)OCCOCCOCCOCCOCCO2. The van der Waals surface area contributed by atoms with Crippen LogP contribution in [-0.2, 0) is 18.9 Å². The first-order valence-corrected chi connectivity index (χ1v) is 9.51. The fourth-order valence-electron chi connectivity index (χ4n) is 2.23. The summed E-state index contributed by atoms with van der Waals surface area (Å²) in [4.78, 5) is 0. The van der Waals surface area contributed by atoms with Gasteiger partial charge < -0.3 is 33.5 Å². The van der Waals surface area contributed by atoms with Crippen LogP contribution < -0.4 is 9.47 Å². The molecule has 0 radical (unpaired) electrons. The molecule has 0 aromatic heterocycles. The van der Waals surface area contributed by atoms with Gasteiger partial charge in [0.25, 0.3) is 0 Å². The van der Waals surface area contributed by atoms with Crippen molar-refractivity contribution in [3.8, 4) is 23.3 Å². The van der Waals surface area contributed by atoms with Gasteiger partial charge in [-0.3, -0.25) is 0 Å². The Labute approximate surface area is 166 Å². The highest BCUT2D eigenvalue weighted by molar-refractivity contribution is 5.48. The van der Waals surface area contributed by atoms with Crippen LogP contribution in [0.5, 0.6) is 11.5 Å². The predicted molar refractivity (Wildman–Crippen MR) is 104 cm³/mol. The number of fused-ring (bicyclic) bond motifs is 1. The van der Waals surface area contributed by atoms with Crippen LogP contribution in [0.1, 0.15) is 19.4 Å². The van der Waals surface area contributed by atoms with Gasteiger partial charge in [-0.1, -0.05) is 11.8 Å². The largest absolute Gasteiger partial charge is 0.487 e. The molecule has 1 aromatic carbocycles. The second-order valence-electron chi connectivity index (χ2n) is 6.62. The van der Waals surface area contributed by atoms with Crippen molar-refractivity contribution in [2.24, 2.45) is 0 Å². The van der Waals surface area contributed by atoms with Crippen molar-refractivity contribution in [3.05, 3.63) is 23.8 Å². The highest BCUT2D eigenvalue weighted by Crippen LogP contribution is 2.28. The molecule has 0 spiro atoms. The van der Waals surface area contributed by atoms with Crippen LogP contribution in [0.25, 0.3) is 0 Å². The molecule has 0 saturated carbocycles. The van der Waals surface area contributed by atoms with Gasteiger partial charge >= 0.3 is 0 Å². The molecule has 0 atom stereocenters. The van der Waals surface area contributed by atoms with E-state index in [1.54, 1.807) is 26.0 Å². The normalized spacial score (nSPS) is 18.2. The van der Waals surface area contributed by atoms with Crippen LogP contribution in [-0.4, -0.2) is 76.8 Å². The van der Waals surface area contributed by atoms with Crippen molar-refractivity contribution >= 4 is 0 Å². The van der Waals surface area contributed by atoms with E-state index in [9.17, 15) is 5.11 Å². The topological polar surface area (TPSA) is 75.6 Å². The first-order chi connectivity index (χ1) is 13.5. The Bertz CT molecular complexity index is 628. The maximum atomic E-state index is 9.78. The molecule has 1 aliphatic rings. The average Bonchev–Trinajstić information content (AvgIpc) is 2.66. The van der Waals surface area contributed by atoms with E-state index in [2.05, 4.69) is 11.8 Å². The standard InChI is InChI=1S/C21H30O7/c1-21(2,22)6-5-18-3-4-19-20(17-18)28-16-14-26-12-10-24-8-7-23-9-11-25-13-15-27-19/h3-4,17,22H,7-16H2,1-2H3. The van der Waals surface area contributed by atoms with E-state index in [0.29, 0.717) is 77.6 Å². The van der Waals surface area contributed by atoms with Gasteiger partial charge in [0, 0.05) is 5.56 Å². The molecule has 7 heteroatoms. The van der Waals surface area contributed by atoms with E-state index in [1.165, 1.54) is 0 Å². The molecular formula is C21H30O7. The Morgan fingerprint density at radius 3 is 1.68 bits per heavy atom. The first kappa shape index (κ1) is 22.5. The highest BCUT2D eigenvalue weighted by Gasteiger charge is 2.09. The second kappa shape index (κ2) is 12.6. The third-order valence-electron chi connectivity index (χ3n) is 3.54. The summed E-state index contributed by atoms with van der Waals surface area (Å²) < 4.78 is 33.4. The van der Waals surface area contributed by atoms with E-state index in [4.69, 9.17) is 28.4 Å². The van der Waals surface area contributed by atoms with E-state index in [1.807, 2.05) is 6.07 Å². The lowest BCUT2D eigenvalue weighted by Gasteiger charge is -2.14. The molecule has 28 heavy (non-hydrogen) atoms. The van der Waals surface area contributed by atoms with Gasteiger partial charge in [0.2, 0.25) is 0 Å². The van der Waals surface area contributed by atoms with Crippen molar-refractivity contribution in [1.82, 2.24) is 0 Å². The first-order valence-electron chi connectivity index (χ1n) is 9.51. The number of benzene rings is 1.